The predicted octanol–water partition coefficient (Wildman–Crippen LogP) is 3.79. The molecule has 0 radical (unpaired) electrons. The summed E-state index contributed by atoms with van der Waals surface area (Å²) in [6.45, 7) is 1.96. The first-order valence-corrected chi connectivity index (χ1v) is 7.27. The van der Waals surface area contributed by atoms with E-state index in [1.165, 1.54) is 0 Å². The number of aromatic nitrogens is 1. The monoisotopic (exact) mass is 324 g/mol. The van der Waals surface area contributed by atoms with E-state index in [2.05, 4.69) is 26.2 Å². The maximum absolute atomic E-state index is 11.8. The zero-order valence-electron chi connectivity index (χ0n) is 9.94. The molecule has 5 heteroatoms. The average molecular weight is 325 g/mol. The maximum Gasteiger partial charge on any atom is 0.224 e. The largest absolute Gasteiger partial charge is 0.326 e. The molecule has 1 aromatic heterocycles. The number of nitrogens with one attached hydrogen (secondary N) is 1. The van der Waals surface area contributed by atoms with Gasteiger partial charge in [0, 0.05) is 34.1 Å². The standard InChI is InChI=1S/C13H13BrN2OS/c1-9-8-18-13(15-9)6-5-12(17)16-11-4-2-3-10(14)7-11/h2-4,7-8H,5-6H2,1H3,(H,16,17). The molecular weight excluding hydrogens is 312 g/mol. The minimum Gasteiger partial charge on any atom is -0.326 e. The number of anilines is 1. The summed E-state index contributed by atoms with van der Waals surface area (Å²) in [5.41, 5.74) is 1.83. The Balaban J connectivity index is 1.85. The maximum atomic E-state index is 11.8. The van der Waals surface area contributed by atoms with Crippen LogP contribution in [0.1, 0.15) is 17.1 Å². The third-order valence-corrected chi connectivity index (χ3v) is 3.86. The van der Waals surface area contributed by atoms with Gasteiger partial charge in [0.05, 0.1) is 5.01 Å². The fraction of sp³-hybridized carbons (Fsp3) is 0.231. The molecule has 0 atom stereocenters. The van der Waals surface area contributed by atoms with Crippen molar-refractivity contribution in [2.45, 2.75) is 19.8 Å². The van der Waals surface area contributed by atoms with Crippen LogP contribution in [0.25, 0.3) is 0 Å². The number of thiazole rings is 1. The third-order valence-electron chi connectivity index (χ3n) is 2.34. The number of nitrogens with zero attached hydrogens (tertiary/aromatic N) is 1. The van der Waals surface area contributed by atoms with E-state index in [4.69, 9.17) is 0 Å². The lowest BCUT2D eigenvalue weighted by molar-refractivity contribution is -0.116. The average Bonchev–Trinajstić information content (AvgIpc) is 2.73. The Bertz CT molecular complexity index is 553. The molecule has 94 valence electrons. The first-order chi connectivity index (χ1) is 8.63. The second kappa shape index (κ2) is 6.11. The van der Waals surface area contributed by atoms with Crippen LogP contribution in [-0.2, 0) is 11.2 Å². The van der Waals surface area contributed by atoms with Crippen LogP contribution >= 0.6 is 27.3 Å². The van der Waals surface area contributed by atoms with Crippen LogP contribution in [-0.4, -0.2) is 10.9 Å². The highest BCUT2D eigenvalue weighted by molar-refractivity contribution is 9.10. The van der Waals surface area contributed by atoms with Gasteiger partial charge in [-0.1, -0.05) is 22.0 Å². The van der Waals surface area contributed by atoms with Gasteiger partial charge in [-0.25, -0.2) is 4.98 Å². The molecule has 1 heterocycles. The molecule has 0 saturated heterocycles. The molecule has 0 aliphatic rings. The lowest BCUT2D eigenvalue weighted by Gasteiger charge is -2.04. The predicted molar refractivity (Wildman–Crippen MR) is 77.9 cm³/mol. The van der Waals surface area contributed by atoms with Crippen molar-refractivity contribution >= 4 is 38.9 Å². The van der Waals surface area contributed by atoms with Crippen LogP contribution in [0.15, 0.2) is 34.1 Å². The van der Waals surface area contributed by atoms with E-state index in [1.54, 1.807) is 11.3 Å². The molecule has 1 amide bonds. The first-order valence-electron chi connectivity index (χ1n) is 5.60. The summed E-state index contributed by atoms with van der Waals surface area (Å²) in [5.74, 6) is 0.0148. The number of carbonyl (C=O) groups is 1. The number of rotatable bonds is 4. The smallest absolute Gasteiger partial charge is 0.224 e. The Morgan fingerprint density at radius 1 is 1.50 bits per heavy atom. The lowest BCUT2D eigenvalue weighted by Crippen LogP contribution is -2.12. The van der Waals surface area contributed by atoms with Gasteiger partial charge in [0.25, 0.3) is 0 Å². The fourth-order valence-electron chi connectivity index (χ4n) is 1.53. The van der Waals surface area contributed by atoms with Gasteiger partial charge in [-0.15, -0.1) is 11.3 Å². The molecule has 18 heavy (non-hydrogen) atoms. The van der Waals surface area contributed by atoms with Gasteiger partial charge in [-0.3, -0.25) is 4.79 Å². The first kappa shape index (κ1) is 13.2. The number of benzene rings is 1. The molecular formula is C13H13BrN2OS. The van der Waals surface area contributed by atoms with Gasteiger partial charge in [0.2, 0.25) is 5.91 Å². The molecule has 0 spiro atoms. The van der Waals surface area contributed by atoms with Crippen LogP contribution in [0.3, 0.4) is 0 Å². The van der Waals surface area contributed by atoms with Crippen LogP contribution in [0, 0.1) is 6.92 Å². The van der Waals surface area contributed by atoms with E-state index in [1.807, 2.05) is 36.6 Å². The Labute approximate surface area is 118 Å². The van der Waals surface area contributed by atoms with E-state index < -0.39 is 0 Å². The van der Waals surface area contributed by atoms with Crippen molar-refractivity contribution in [2.24, 2.45) is 0 Å². The number of carbonyl (C=O) groups excluding carboxylic acids is 1. The highest BCUT2D eigenvalue weighted by Crippen LogP contribution is 2.16. The minimum absolute atomic E-state index is 0.0148. The Kier molecular flexibility index (Phi) is 4.49. The zero-order valence-corrected chi connectivity index (χ0v) is 12.3. The topological polar surface area (TPSA) is 42.0 Å². The third kappa shape index (κ3) is 3.92. The molecule has 2 rings (SSSR count). The van der Waals surface area contributed by atoms with Crippen molar-refractivity contribution in [3.8, 4) is 0 Å². The summed E-state index contributed by atoms with van der Waals surface area (Å²) in [6.07, 6.45) is 1.15. The van der Waals surface area contributed by atoms with Crippen molar-refractivity contribution in [1.82, 2.24) is 4.98 Å². The quantitative estimate of drug-likeness (QED) is 0.929. The number of hydrogen-bond acceptors (Lipinski definition) is 3. The molecule has 0 bridgehead atoms. The molecule has 0 saturated carbocycles. The number of aryl methyl sites for hydroxylation is 2. The summed E-state index contributed by atoms with van der Waals surface area (Å²) >= 11 is 4.97. The van der Waals surface area contributed by atoms with E-state index >= 15 is 0 Å². The molecule has 0 fully saturated rings. The van der Waals surface area contributed by atoms with Gasteiger partial charge in [-0.2, -0.15) is 0 Å². The van der Waals surface area contributed by atoms with Crippen molar-refractivity contribution in [3.63, 3.8) is 0 Å². The van der Waals surface area contributed by atoms with Gasteiger partial charge >= 0.3 is 0 Å². The van der Waals surface area contributed by atoms with Crippen molar-refractivity contribution in [1.29, 1.82) is 0 Å². The number of amides is 1. The van der Waals surface area contributed by atoms with Gasteiger partial charge in [0.15, 0.2) is 0 Å². The van der Waals surface area contributed by atoms with Crippen LogP contribution in [0.2, 0.25) is 0 Å². The van der Waals surface area contributed by atoms with Crippen LogP contribution < -0.4 is 5.32 Å². The summed E-state index contributed by atoms with van der Waals surface area (Å²) in [5, 5.41) is 5.88. The summed E-state index contributed by atoms with van der Waals surface area (Å²) in [7, 11) is 0. The Morgan fingerprint density at radius 3 is 3.00 bits per heavy atom. The molecule has 0 unspecified atom stereocenters. The second-order valence-electron chi connectivity index (χ2n) is 3.94. The summed E-state index contributed by atoms with van der Waals surface area (Å²) in [4.78, 5) is 16.1. The second-order valence-corrected chi connectivity index (χ2v) is 5.80. The Hall–Kier alpha value is -1.20. The van der Waals surface area contributed by atoms with Crippen molar-refractivity contribution in [3.05, 3.63) is 44.8 Å². The molecule has 1 N–H and O–H groups in total. The normalized spacial score (nSPS) is 10.3. The highest BCUT2D eigenvalue weighted by atomic mass is 79.9. The van der Waals surface area contributed by atoms with Gasteiger partial charge in [0.1, 0.15) is 0 Å². The van der Waals surface area contributed by atoms with Crippen molar-refractivity contribution < 1.29 is 4.79 Å². The van der Waals surface area contributed by atoms with Crippen LogP contribution in [0.5, 0.6) is 0 Å². The van der Waals surface area contributed by atoms with E-state index in [-0.39, 0.29) is 5.91 Å². The van der Waals surface area contributed by atoms with Crippen LogP contribution in [0.4, 0.5) is 5.69 Å². The molecule has 2 aromatic rings. The zero-order chi connectivity index (χ0) is 13.0. The summed E-state index contributed by atoms with van der Waals surface area (Å²) in [6, 6.07) is 7.57. The highest BCUT2D eigenvalue weighted by Gasteiger charge is 2.05. The van der Waals surface area contributed by atoms with Gasteiger partial charge < -0.3 is 5.32 Å². The lowest BCUT2D eigenvalue weighted by atomic mass is 10.2. The molecule has 0 aliphatic heterocycles. The Morgan fingerprint density at radius 2 is 2.33 bits per heavy atom. The fourth-order valence-corrected chi connectivity index (χ4v) is 2.70. The van der Waals surface area contributed by atoms with E-state index in [0.29, 0.717) is 12.8 Å². The van der Waals surface area contributed by atoms with E-state index in [9.17, 15) is 4.79 Å². The van der Waals surface area contributed by atoms with Gasteiger partial charge in [-0.05, 0) is 25.1 Å². The number of hydrogen-bond donors (Lipinski definition) is 1. The molecule has 1 aromatic carbocycles. The SMILES string of the molecule is Cc1csc(CCC(=O)Nc2cccc(Br)c2)n1. The summed E-state index contributed by atoms with van der Waals surface area (Å²) < 4.78 is 0.954. The van der Waals surface area contributed by atoms with E-state index in [0.717, 1.165) is 20.9 Å². The number of halogens is 1. The molecule has 3 nitrogen and oxygen atoms in total. The van der Waals surface area contributed by atoms with Crippen molar-refractivity contribution in [2.75, 3.05) is 5.32 Å². The minimum atomic E-state index is 0.0148. The molecule has 0 aliphatic carbocycles.